The lowest BCUT2D eigenvalue weighted by molar-refractivity contribution is 0.169. The summed E-state index contributed by atoms with van der Waals surface area (Å²) < 4.78 is 0. The van der Waals surface area contributed by atoms with Gasteiger partial charge < -0.3 is 5.73 Å². The highest BCUT2D eigenvalue weighted by molar-refractivity contribution is 7.12. The van der Waals surface area contributed by atoms with Crippen molar-refractivity contribution in [2.45, 2.75) is 58.0 Å². The van der Waals surface area contributed by atoms with Gasteiger partial charge in [0.2, 0.25) is 0 Å². The first-order chi connectivity index (χ1) is 9.08. The smallest absolute Gasteiger partial charge is 0.0588 e. The first-order valence-electron chi connectivity index (χ1n) is 7.60. The molecule has 1 fully saturated rings. The van der Waals surface area contributed by atoms with Crippen LogP contribution < -0.4 is 5.73 Å². The number of aryl methyl sites for hydroxylation is 1. The van der Waals surface area contributed by atoms with Gasteiger partial charge in [-0.05, 0) is 51.8 Å². The van der Waals surface area contributed by atoms with Crippen LogP contribution in [0.3, 0.4) is 0 Å². The van der Waals surface area contributed by atoms with Gasteiger partial charge in [-0.3, -0.25) is 4.90 Å². The lowest BCUT2D eigenvalue weighted by atomic mass is 9.88. The fourth-order valence-electron chi connectivity index (χ4n) is 3.38. The molecule has 2 rings (SSSR count). The Morgan fingerprint density at radius 2 is 2.00 bits per heavy atom. The second-order valence-corrected chi connectivity index (χ2v) is 7.52. The summed E-state index contributed by atoms with van der Waals surface area (Å²) in [4.78, 5) is 5.30. The third-order valence-electron chi connectivity index (χ3n) is 4.30. The van der Waals surface area contributed by atoms with Crippen molar-refractivity contribution in [2.24, 2.45) is 11.7 Å². The largest absolute Gasteiger partial charge is 0.326 e. The van der Waals surface area contributed by atoms with E-state index < -0.39 is 0 Å². The van der Waals surface area contributed by atoms with E-state index in [2.05, 4.69) is 37.9 Å². The van der Waals surface area contributed by atoms with Crippen molar-refractivity contribution in [1.29, 1.82) is 0 Å². The Hall–Kier alpha value is -0.380. The van der Waals surface area contributed by atoms with Crippen molar-refractivity contribution < 1.29 is 0 Å². The number of likely N-dealkylation sites (N-methyl/N-ethyl adjacent to an activating group) is 1. The molecule has 19 heavy (non-hydrogen) atoms. The summed E-state index contributed by atoms with van der Waals surface area (Å²) >= 11 is 1.89. The zero-order valence-corrected chi connectivity index (χ0v) is 13.4. The third-order valence-corrected chi connectivity index (χ3v) is 5.37. The van der Waals surface area contributed by atoms with E-state index in [0.717, 1.165) is 5.92 Å². The van der Waals surface area contributed by atoms with Gasteiger partial charge in [0, 0.05) is 22.3 Å². The van der Waals surface area contributed by atoms with E-state index in [4.69, 9.17) is 5.73 Å². The molecular formula is C16H28N2S. The first kappa shape index (κ1) is 15.0. The summed E-state index contributed by atoms with van der Waals surface area (Å²) in [6, 6.07) is 5.03. The molecule has 3 heteroatoms. The summed E-state index contributed by atoms with van der Waals surface area (Å²) in [6.45, 7) is 5.51. The molecule has 2 nitrogen and oxygen atoms in total. The predicted octanol–water partition coefficient (Wildman–Crippen LogP) is 3.96. The fraction of sp³-hybridized carbons (Fsp3) is 0.750. The van der Waals surface area contributed by atoms with E-state index in [1.165, 1.54) is 48.4 Å². The molecule has 0 amide bonds. The van der Waals surface area contributed by atoms with E-state index in [0.29, 0.717) is 6.04 Å². The molecule has 0 saturated heterocycles. The summed E-state index contributed by atoms with van der Waals surface area (Å²) in [5.41, 5.74) is 6.25. The van der Waals surface area contributed by atoms with Crippen LogP contribution >= 0.6 is 11.3 Å². The van der Waals surface area contributed by atoms with E-state index in [1.807, 2.05) is 11.3 Å². The first-order valence-corrected chi connectivity index (χ1v) is 8.41. The molecule has 2 atom stereocenters. The average molecular weight is 280 g/mol. The Balaban J connectivity index is 2.01. The molecule has 1 heterocycles. The highest BCUT2D eigenvalue weighted by Gasteiger charge is 2.25. The summed E-state index contributed by atoms with van der Waals surface area (Å²) in [5, 5.41) is 0. The summed E-state index contributed by atoms with van der Waals surface area (Å²) in [5.74, 6) is 0.876. The SMILES string of the molecule is Cc1ccc(C(C(C)N)N(C)CC2CCCCC2)s1. The maximum atomic E-state index is 6.25. The van der Waals surface area contributed by atoms with E-state index in [1.54, 1.807) is 0 Å². The van der Waals surface area contributed by atoms with Gasteiger partial charge in [0.1, 0.15) is 0 Å². The molecular weight excluding hydrogens is 252 g/mol. The Kier molecular flexibility index (Phi) is 5.43. The molecule has 1 saturated carbocycles. The number of thiophene rings is 1. The molecule has 0 bridgehead atoms. The van der Waals surface area contributed by atoms with Crippen LogP contribution in [-0.4, -0.2) is 24.5 Å². The van der Waals surface area contributed by atoms with Crippen LogP contribution in [0.1, 0.15) is 54.8 Å². The number of nitrogens with two attached hydrogens (primary N) is 1. The molecule has 0 radical (unpaired) electrons. The molecule has 0 spiro atoms. The fourth-order valence-corrected chi connectivity index (χ4v) is 4.54. The second-order valence-electron chi connectivity index (χ2n) is 6.20. The van der Waals surface area contributed by atoms with Gasteiger partial charge in [0.05, 0.1) is 6.04 Å². The molecule has 1 aromatic rings. The van der Waals surface area contributed by atoms with Crippen LogP contribution in [0.5, 0.6) is 0 Å². The highest BCUT2D eigenvalue weighted by Crippen LogP contribution is 2.31. The van der Waals surface area contributed by atoms with E-state index in [-0.39, 0.29) is 6.04 Å². The highest BCUT2D eigenvalue weighted by atomic mass is 32.1. The molecule has 2 N–H and O–H groups in total. The van der Waals surface area contributed by atoms with Gasteiger partial charge >= 0.3 is 0 Å². The Morgan fingerprint density at radius 1 is 1.32 bits per heavy atom. The van der Waals surface area contributed by atoms with Crippen molar-refractivity contribution in [2.75, 3.05) is 13.6 Å². The lowest BCUT2D eigenvalue weighted by Gasteiger charge is -2.34. The molecule has 2 unspecified atom stereocenters. The third kappa shape index (κ3) is 4.04. The van der Waals surface area contributed by atoms with Crippen molar-refractivity contribution in [1.82, 2.24) is 4.90 Å². The topological polar surface area (TPSA) is 29.3 Å². The minimum Gasteiger partial charge on any atom is -0.326 e. The van der Waals surface area contributed by atoms with Gasteiger partial charge in [-0.15, -0.1) is 11.3 Å². The monoisotopic (exact) mass is 280 g/mol. The van der Waals surface area contributed by atoms with Crippen molar-refractivity contribution in [3.63, 3.8) is 0 Å². The van der Waals surface area contributed by atoms with Crippen LogP contribution in [0.2, 0.25) is 0 Å². The predicted molar refractivity (Wildman–Crippen MR) is 84.7 cm³/mol. The van der Waals surface area contributed by atoms with Crippen LogP contribution in [0, 0.1) is 12.8 Å². The van der Waals surface area contributed by atoms with Crippen LogP contribution in [0.25, 0.3) is 0 Å². The zero-order chi connectivity index (χ0) is 13.8. The quantitative estimate of drug-likeness (QED) is 0.884. The standard InChI is InChI=1S/C16H28N2S/c1-12-9-10-15(19-12)16(13(2)17)18(3)11-14-7-5-4-6-8-14/h9-10,13-14,16H,4-8,11,17H2,1-3H3. The van der Waals surface area contributed by atoms with Gasteiger partial charge in [-0.2, -0.15) is 0 Å². The van der Waals surface area contributed by atoms with E-state index >= 15 is 0 Å². The Morgan fingerprint density at radius 3 is 2.53 bits per heavy atom. The van der Waals surface area contributed by atoms with Gasteiger partial charge in [0.15, 0.2) is 0 Å². The van der Waals surface area contributed by atoms with Crippen LogP contribution in [-0.2, 0) is 0 Å². The minimum absolute atomic E-state index is 0.187. The number of hydrogen-bond acceptors (Lipinski definition) is 3. The second kappa shape index (κ2) is 6.87. The van der Waals surface area contributed by atoms with Crippen molar-refractivity contribution in [3.05, 3.63) is 21.9 Å². The molecule has 108 valence electrons. The Bertz CT molecular complexity index is 380. The van der Waals surface area contributed by atoms with Gasteiger partial charge in [-0.1, -0.05) is 19.3 Å². The van der Waals surface area contributed by atoms with Crippen molar-refractivity contribution >= 4 is 11.3 Å². The van der Waals surface area contributed by atoms with Crippen LogP contribution in [0.15, 0.2) is 12.1 Å². The summed E-state index contributed by atoms with van der Waals surface area (Å²) in [6.07, 6.45) is 7.07. The molecule has 1 aromatic heterocycles. The zero-order valence-electron chi connectivity index (χ0n) is 12.6. The maximum absolute atomic E-state index is 6.25. The molecule has 0 aromatic carbocycles. The number of rotatable bonds is 5. The number of nitrogens with zero attached hydrogens (tertiary/aromatic N) is 1. The molecule has 1 aliphatic rings. The minimum atomic E-state index is 0.187. The maximum Gasteiger partial charge on any atom is 0.0588 e. The van der Waals surface area contributed by atoms with E-state index in [9.17, 15) is 0 Å². The van der Waals surface area contributed by atoms with Gasteiger partial charge in [-0.25, -0.2) is 0 Å². The number of hydrogen-bond donors (Lipinski definition) is 1. The Labute approximate surface area is 122 Å². The normalized spacial score (nSPS) is 20.7. The molecule has 1 aliphatic carbocycles. The lowest BCUT2D eigenvalue weighted by Crippen LogP contribution is -2.39. The average Bonchev–Trinajstić information content (AvgIpc) is 2.76. The van der Waals surface area contributed by atoms with Gasteiger partial charge in [0.25, 0.3) is 0 Å². The summed E-state index contributed by atoms with van der Waals surface area (Å²) in [7, 11) is 2.25. The molecule has 0 aliphatic heterocycles. The van der Waals surface area contributed by atoms with Crippen LogP contribution in [0.4, 0.5) is 0 Å². The van der Waals surface area contributed by atoms with Crippen molar-refractivity contribution in [3.8, 4) is 0 Å².